The van der Waals surface area contributed by atoms with Gasteiger partial charge in [-0.3, -0.25) is 14.3 Å². The standard InChI is InChI=1S/C32H30ClN3O5S/c1-19-35-26-9-11-32(39-14-15-40-32)17-24(26)29(37)36(19)13-5-6-20-7-8-21(33)16-23(20)22-10-12-34-27-25(18-42-28(22)27)30(38)41-31(2,3)4/h7-8,10,12,16,18H,9,11,13-15,17H2,1-4H3. The van der Waals surface area contributed by atoms with Gasteiger partial charge in [0.1, 0.15) is 11.4 Å². The fraction of sp³-hybridized carbons (Fsp3) is 0.375. The molecule has 1 aliphatic carbocycles. The van der Waals surface area contributed by atoms with Gasteiger partial charge in [0, 0.05) is 51.7 Å². The van der Waals surface area contributed by atoms with Gasteiger partial charge in [0.05, 0.1) is 41.2 Å². The molecule has 4 aromatic rings. The number of nitrogens with zero attached hydrogens (tertiary/aromatic N) is 3. The van der Waals surface area contributed by atoms with Crippen molar-refractivity contribution in [3.8, 4) is 23.0 Å². The lowest BCUT2D eigenvalue weighted by atomic mass is 9.91. The summed E-state index contributed by atoms with van der Waals surface area (Å²) in [5.41, 5.74) is 4.13. The number of ether oxygens (including phenoxy) is 3. The van der Waals surface area contributed by atoms with Crippen LogP contribution in [-0.4, -0.2) is 45.1 Å². The van der Waals surface area contributed by atoms with Crippen molar-refractivity contribution >= 4 is 39.1 Å². The predicted octanol–water partition coefficient (Wildman–Crippen LogP) is 5.72. The predicted molar refractivity (Wildman–Crippen MR) is 162 cm³/mol. The van der Waals surface area contributed by atoms with Crippen molar-refractivity contribution in [2.45, 2.75) is 64.9 Å². The average molecular weight is 604 g/mol. The summed E-state index contributed by atoms with van der Waals surface area (Å²) in [4.78, 5) is 35.6. The number of esters is 1. The maximum Gasteiger partial charge on any atom is 0.341 e. The quantitative estimate of drug-likeness (QED) is 0.218. The monoisotopic (exact) mass is 603 g/mol. The van der Waals surface area contributed by atoms with E-state index in [0.717, 1.165) is 27.1 Å². The van der Waals surface area contributed by atoms with Crippen LogP contribution in [-0.2, 0) is 33.6 Å². The van der Waals surface area contributed by atoms with E-state index in [0.29, 0.717) is 60.0 Å². The fourth-order valence-corrected chi connectivity index (χ4v) is 6.62. The third-order valence-corrected chi connectivity index (χ3v) is 8.58. The molecule has 1 spiro atoms. The summed E-state index contributed by atoms with van der Waals surface area (Å²) < 4.78 is 19.8. The van der Waals surface area contributed by atoms with E-state index >= 15 is 0 Å². The first-order chi connectivity index (χ1) is 20.0. The minimum Gasteiger partial charge on any atom is -0.456 e. The molecule has 4 heterocycles. The van der Waals surface area contributed by atoms with E-state index in [1.165, 1.54) is 11.3 Å². The summed E-state index contributed by atoms with van der Waals surface area (Å²) in [6.07, 6.45) is 3.40. The summed E-state index contributed by atoms with van der Waals surface area (Å²) in [6.45, 7) is 8.58. The Labute approximate surface area is 252 Å². The Hall–Kier alpha value is -3.55. The second-order valence-corrected chi connectivity index (χ2v) is 12.8. The molecule has 0 saturated carbocycles. The minimum atomic E-state index is -0.716. The van der Waals surface area contributed by atoms with Crippen molar-refractivity contribution in [2.24, 2.45) is 0 Å². The van der Waals surface area contributed by atoms with E-state index in [4.69, 9.17) is 30.8 Å². The number of rotatable bonds is 3. The number of fused-ring (bicyclic) bond motifs is 2. The highest BCUT2D eigenvalue weighted by Gasteiger charge is 2.41. The molecular formula is C32H30ClN3O5S. The molecule has 216 valence electrons. The van der Waals surface area contributed by atoms with Crippen LogP contribution in [0.5, 0.6) is 0 Å². The highest BCUT2D eigenvalue weighted by Crippen LogP contribution is 2.37. The van der Waals surface area contributed by atoms with Crippen LogP contribution < -0.4 is 5.56 Å². The highest BCUT2D eigenvalue weighted by molar-refractivity contribution is 7.18. The van der Waals surface area contributed by atoms with E-state index in [2.05, 4.69) is 16.8 Å². The van der Waals surface area contributed by atoms with Crippen LogP contribution >= 0.6 is 22.9 Å². The first kappa shape index (κ1) is 28.6. The van der Waals surface area contributed by atoms with E-state index < -0.39 is 17.4 Å². The lowest BCUT2D eigenvalue weighted by Gasteiger charge is -2.32. The average Bonchev–Trinajstić information content (AvgIpc) is 3.58. The van der Waals surface area contributed by atoms with E-state index in [-0.39, 0.29) is 12.1 Å². The van der Waals surface area contributed by atoms with Gasteiger partial charge in [-0.2, -0.15) is 0 Å². The number of halogens is 1. The van der Waals surface area contributed by atoms with Crippen molar-refractivity contribution < 1.29 is 19.0 Å². The van der Waals surface area contributed by atoms with Crippen LogP contribution in [0.15, 0.2) is 40.6 Å². The molecule has 0 atom stereocenters. The number of aromatic nitrogens is 3. The van der Waals surface area contributed by atoms with Gasteiger partial charge in [0.25, 0.3) is 5.56 Å². The van der Waals surface area contributed by atoms with E-state index in [9.17, 15) is 9.59 Å². The van der Waals surface area contributed by atoms with Gasteiger partial charge in [0.15, 0.2) is 5.79 Å². The summed E-state index contributed by atoms with van der Waals surface area (Å²) in [5.74, 6) is 5.91. The molecule has 8 nitrogen and oxygen atoms in total. The van der Waals surface area contributed by atoms with Crippen molar-refractivity contribution in [1.29, 1.82) is 0 Å². The SMILES string of the molecule is Cc1nc2c(c(=O)n1CC#Cc1ccc(Cl)cc1-c1ccnc3c(C(=O)OC(C)(C)C)csc13)CC1(CC2)OCCO1. The van der Waals surface area contributed by atoms with Gasteiger partial charge in [-0.1, -0.05) is 23.4 Å². The molecule has 0 amide bonds. The molecule has 10 heteroatoms. The largest absolute Gasteiger partial charge is 0.456 e. The van der Waals surface area contributed by atoms with Crippen molar-refractivity contribution in [3.63, 3.8) is 0 Å². The Kier molecular flexibility index (Phi) is 7.44. The van der Waals surface area contributed by atoms with Crippen LogP contribution in [0.1, 0.15) is 60.2 Å². The summed E-state index contributed by atoms with van der Waals surface area (Å²) in [7, 11) is 0. The topological polar surface area (TPSA) is 92.5 Å². The van der Waals surface area contributed by atoms with Crippen LogP contribution in [0, 0.1) is 18.8 Å². The number of pyridine rings is 1. The number of hydrogen-bond acceptors (Lipinski definition) is 8. The molecule has 0 bridgehead atoms. The second-order valence-electron chi connectivity index (χ2n) is 11.4. The number of aryl methyl sites for hydroxylation is 2. The molecule has 0 unspecified atom stereocenters. The third kappa shape index (κ3) is 5.48. The molecule has 0 N–H and O–H groups in total. The number of carbonyl (C=O) groups is 1. The van der Waals surface area contributed by atoms with Crippen LogP contribution in [0.2, 0.25) is 5.02 Å². The van der Waals surface area contributed by atoms with Crippen molar-refractivity contribution in [2.75, 3.05) is 13.2 Å². The van der Waals surface area contributed by atoms with Crippen molar-refractivity contribution in [3.05, 3.63) is 79.4 Å². The second kappa shape index (κ2) is 10.9. The maximum absolute atomic E-state index is 13.5. The highest BCUT2D eigenvalue weighted by atomic mass is 35.5. The summed E-state index contributed by atoms with van der Waals surface area (Å²) in [5, 5.41) is 2.33. The summed E-state index contributed by atoms with van der Waals surface area (Å²) >= 11 is 7.85. The summed E-state index contributed by atoms with van der Waals surface area (Å²) in [6, 6.07) is 7.39. The molecule has 2 aliphatic rings. The number of benzene rings is 1. The lowest BCUT2D eigenvalue weighted by Crippen LogP contribution is -2.42. The molecule has 6 rings (SSSR count). The smallest absolute Gasteiger partial charge is 0.341 e. The van der Waals surface area contributed by atoms with E-state index in [1.54, 1.807) is 22.2 Å². The Morgan fingerprint density at radius 2 is 2.00 bits per heavy atom. The molecule has 1 aliphatic heterocycles. The van der Waals surface area contributed by atoms with Gasteiger partial charge < -0.3 is 14.2 Å². The molecule has 42 heavy (non-hydrogen) atoms. The van der Waals surface area contributed by atoms with Crippen LogP contribution in [0.25, 0.3) is 21.3 Å². The molecular weight excluding hydrogens is 574 g/mol. The molecule has 1 aromatic carbocycles. The van der Waals surface area contributed by atoms with E-state index in [1.807, 2.05) is 45.9 Å². The molecule has 1 fully saturated rings. The fourth-order valence-electron chi connectivity index (χ4n) is 5.42. The third-order valence-electron chi connectivity index (χ3n) is 7.35. The molecule has 1 saturated heterocycles. The van der Waals surface area contributed by atoms with Crippen LogP contribution in [0.4, 0.5) is 0 Å². The van der Waals surface area contributed by atoms with Gasteiger partial charge in [-0.25, -0.2) is 9.78 Å². The van der Waals surface area contributed by atoms with Gasteiger partial charge >= 0.3 is 5.97 Å². The Morgan fingerprint density at radius 3 is 2.76 bits per heavy atom. The first-order valence-electron chi connectivity index (χ1n) is 13.8. The number of hydrogen-bond donors (Lipinski definition) is 0. The zero-order valence-electron chi connectivity index (χ0n) is 23.9. The number of carbonyl (C=O) groups excluding carboxylic acids is 1. The van der Waals surface area contributed by atoms with Gasteiger partial charge in [-0.05, 0) is 58.4 Å². The Balaban J connectivity index is 1.34. The van der Waals surface area contributed by atoms with Gasteiger partial charge in [-0.15, -0.1) is 11.3 Å². The minimum absolute atomic E-state index is 0.106. The number of thiophene rings is 1. The zero-order chi connectivity index (χ0) is 29.6. The molecule has 3 aromatic heterocycles. The Bertz CT molecular complexity index is 1840. The first-order valence-corrected chi connectivity index (χ1v) is 15.0. The lowest BCUT2D eigenvalue weighted by molar-refractivity contribution is -0.164. The normalized spacial score (nSPS) is 15.8. The van der Waals surface area contributed by atoms with Crippen LogP contribution in [0.3, 0.4) is 0 Å². The maximum atomic E-state index is 13.5. The molecule has 0 radical (unpaired) electrons. The van der Waals surface area contributed by atoms with Gasteiger partial charge in [0.2, 0.25) is 0 Å². The Morgan fingerprint density at radius 1 is 1.21 bits per heavy atom. The zero-order valence-corrected chi connectivity index (χ0v) is 25.4. The van der Waals surface area contributed by atoms with Crippen molar-refractivity contribution in [1.82, 2.24) is 14.5 Å².